The maximum atomic E-state index is 14.0. The highest BCUT2D eigenvalue weighted by Crippen LogP contribution is 2.25. The molecule has 0 atom stereocenters. The zero-order valence-corrected chi connectivity index (χ0v) is 13.8. The molecule has 2 heterocycles. The topological polar surface area (TPSA) is 70.7 Å². The van der Waals surface area contributed by atoms with Gasteiger partial charge in [0, 0.05) is 36.5 Å². The van der Waals surface area contributed by atoms with Gasteiger partial charge in [0.2, 0.25) is 0 Å². The summed E-state index contributed by atoms with van der Waals surface area (Å²) in [4.78, 5) is 22.5. The average molecular weight is 360 g/mol. The van der Waals surface area contributed by atoms with Gasteiger partial charge in [0.15, 0.2) is 23.7 Å². The lowest BCUT2D eigenvalue weighted by molar-refractivity contribution is 0.112. The molecule has 3 rings (SSSR count). The highest BCUT2D eigenvalue weighted by molar-refractivity contribution is 5.80. The number of rotatable bonds is 6. The number of likely N-dealkylation sites (N-methyl/N-ethyl adjacent to an activating group) is 1. The van der Waals surface area contributed by atoms with E-state index in [9.17, 15) is 18.0 Å². The molecule has 0 spiro atoms. The fraction of sp³-hybridized carbons (Fsp3) is 0.167. The van der Waals surface area contributed by atoms with Crippen LogP contribution < -0.4 is 5.32 Å². The van der Waals surface area contributed by atoms with Crippen molar-refractivity contribution in [2.45, 2.75) is 6.42 Å². The van der Waals surface area contributed by atoms with Crippen molar-refractivity contribution >= 4 is 6.29 Å². The first-order chi connectivity index (χ1) is 12.5. The Labute approximate surface area is 147 Å². The molecule has 0 radical (unpaired) electrons. The third kappa shape index (κ3) is 3.50. The molecule has 0 aliphatic rings. The van der Waals surface area contributed by atoms with Crippen molar-refractivity contribution in [3.63, 3.8) is 0 Å². The summed E-state index contributed by atoms with van der Waals surface area (Å²) in [5.74, 6) is -3.52. The Morgan fingerprint density at radius 2 is 1.92 bits per heavy atom. The van der Waals surface area contributed by atoms with Crippen LogP contribution in [0.15, 0.2) is 30.5 Å². The van der Waals surface area contributed by atoms with Gasteiger partial charge in [-0.05, 0) is 25.2 Å². The van der Waals surface area contributed by atoms with Crippen molar-refractivity contribution in [2.24, 2.45) is 0 Å². The molecule has 3 aromatic rings. The van der Waals surface area contributed by atoms with Crippen LogP contribution >= 0.6 is 0 Å². The first-order valence-electron chi connectivity index (χ1n) is 7.83. The molecule has 0 saturated heterocycles. The minimum absolute atomic E-state index is 0.0853. The Morgan fingerprint density at radius 1 is 1.15 bits per heavy atom. The first kappa shape index (κ1) is 17.8. The smallest absolute Gasteiger partial charge is 0.162 e. The van der Waals surface area contributed by atoms with Crippen molar-refractivity contribution in [3.8, 4) is 22.8 Å². The number of carbonyl (C=O) groups excluding carboxylic acids is 1. The highest BCUT2D eigenvalue weighted by Gasteiger charge is 2.16. The second kappa shape index (κ2) is 7.49. The molecule has 8 heteroatoms. The first-order valence-corrected chi connectivity index (χ1v) is 7.83. The van der Waals surface area contributed by atoms with Gasteiger partial charge in [0.05, 0.1) is 17.0 Å². The number of benzene rings is 1. The summed E-state index contributed by atoms with van der Waals surface area (Å²) >= 11 is 0. The van der Waals surface area contributed by atoms with Gasteiger partial charge < -0.3 is 10.3 Å². The number of carbonyl (C=O) groups is 1. The Bertz CT molecular complexity index is 956. The number of nitrogens with one attached hydrogen (secondary N) is 2. The van der Waals surface area contributed by atoms with E-state index >= 15 is 0 Å². The van der Waals surface area contributed by atoms with Gasteiger partial charge in [-0.3, -0.25) is 4.79 Å². The fourth-order valence-corrected chi connectivity index (χ4v) is 2.55. The Morgan fingerprint density at radius 3 is 2.65 bits per heavy atom. The van der Waals surface area contributed by atoms with E-state index in [-0.39, 0.29) is 11.4 Å². The third-order valence-electron chi connectivity index (χ3n) is 3.87. The number of nitrogens with zero attached hydrogens (tertiary/aromatic N) is 2. The molecule has 0 fully saturated rings. The zero-order chi connectivity index (χ0) is 18.7. The predicted octanol–water partition coefficient (Wildman–Crippen LogP) is 3.13. The van der Waals surface area contributed by atoms with E-state index in [1.54, 1.807) is 19.2 Å². The predicted molar refractivity (Wildman–Crippen MR) is 90.1 cm³/mol. The van der Waals surface area contributed by atoms with Crippen molar-refractivity contribution in [2.75, 3.05) is 13.6 Å². The van der Waals surface area contributed by atoms with Gasteiger partial charge in [0.1, 0.15) is 5.82 Å². The number of hydrogen-bond donors (Lipinski definition) is 2. The fourth-order valence-electron chi connectivity index (χ4n) is 2.55. The Hall–Kier alpha value is -3.00. The van der Waals surface area contributed by atoms with Gasteiger partial charge in [-0.15, -0.1) is 0 Å². The number of aromatic amines is 1. The van der Waals surface area contributed by atoms with Crippen LogP contribution in [0.5, 0.6) is 0 Å². The molecule has 1 aromatic carbocycles. The molecule has 0 amide bonds. The molecule has 2 aromatic heterocycles. The summed E-state index contributed by atoms with van der Waals surface area (Å²) in [6.45, 7) is 0.676. The van der Waals surface area contributed by atoms with Crippen molar-refractivity contribution in [1.82, 2.24) is 20.3 Å². The monoisotopic (exact) mass is 360 g/mol. The molecular formula is C18H15F3N4O. The van der Waals surface area contributed by atoms with Crippen LogP contribution in [0.25, 0.3) is 22.8 Å². The number of aromatic nitrogens is 3. The molecule has 0 unspecified atom stereocenters. The van der Waals surface area contributed by atoms with E-state index in [0.717, 1.165) is 12.0 Å². The summed E-state index contributed by atoms with van der Waals surface area (Å²) in [6.07, 6.45) is 2.73. The average Bonchev–Trinajstić information content (AvgIpc) is 3.06. The SMILES string of the molecule is CNCCc1[nH]c(-c2ccnc(-c3cc(F)c(F)cc3F)n2)cc1C=O. The van der Waals surface area contributed by atoms with E-state index < -0.39 is 17.5 Å². The van der Waals surface area contributed by atoms with Crippen molar-refractivity contribution < 1.29 is 18.0 Å². The number of H-pyrrole nitrogens is 1. The maximum Gasteiger partial charge on any atom is 0.162 e. The molecule has 0 aliphatic carbocycles. The van der Waals surface area contributed by atoms with Crippen LogP contribution in [0.1, 0.15) is 16.1 Å². The summed E-state index contributed by atoms with van der Waals surface area (Å²) in [5.41, 5.74) is 1.93. The van der Waals surface area contributed by atoms with Crippen LogP contribution in [0.4, 0.5) is 13.2 Å². The summed E-state index contributed by atoms with van der Waals surface area (Å²) in [6, 6.07) is 4.37. The standard InChI is InChI=1S/C18H15F3N4O/c1-22-4-2-15-10(9-26)6-17(24-15)16-3-5-23-18(25-16)11-7-13(20)14(21)8-12(11)19/h3,5-9,22,24H,2,4H2,1H3. The summed E-state index contributed by atoms with van der Waals surface area (Å²) in [7, 11) is 1.80. The van der Waals surface area contributed by atoms with E-state index in [4.69, 9.17) is 0 Å². The van der Waals surface area contributed by atoms with Crippen molar-refractivity contribution in [3.05, 3.63) is 59.2 Å². The van der Waals surface area contributed by atoms with Crippen LogP contribution in [-0.2, 0) is 6.42 Å². The quantitative estimate of drug-likeness (QED) is 0.523. The normalized spacial score (nSPS) is 10.9. The van der Waals surface area contributed by atoms with Crippen LogP contribution in [0, 0.1) is 17.5 Å². The van der Waals surface area contributed by atoms with Crippen molar-refractivity contribution in [1.29, 1.82) is 0 Å². The third-order valence-corrected chi connectivity index (χ3v) is 3.87. The lowest BCUT2D eigenvalue weighted by Gasteiger charge is -2.05. The Balaban J connectivity index is 2.01. The molecule has 134 valence electrons. The van der Waals surface area contributed by atoms with Crippen LogP contribution in [0.3, 0.4) is 0 Å². The Kier molecular flexibility index (Phi) is 5.13. The maximum absolute atomic E-state index is 14.0. The minimum atomic E-state index is -1.28. The van der Waals surface area contributed by atoms with Gasteiger partial charge in [-0.25, -0.2) is 23.1 Å². The second-order valence-electron chi connectivity index (χ2n) is 5.60. The number of hydrogen-bond acceptors (Lipinski definition) is 4. The zero-order valence-electron chi connectivity index (χ0n) is 13.8. The van der Waals surface area contributed by atoms with E-state index in [1.165, 1.54) is 6.20 Å². The lowest BCUT2D eigenvalue weighted by atomic mass is 10.1. The molecule has 2 N–H and O–H groups in total. The lowest BCUT2D eigenvalue weighted by Crippen LogP contribution is -2.11. The van der Waals surface area contributed by atoms with Gasteiger partial charge in [-0.2, -0.15) is 0 Å². The second-order valence-corrected chi connectivity index (χ2v) is 5.60. The minimum Gasteiger partial charge on any atom is -0.356 e. The summed E-state index contributed by atoms with van der Waals surface area (Å²) < 4.78 is 40.5. The molecule has 26 heavy (non-hydrogen) atoms. The van der Waals surface area contributed by atoms with E-state index in [0.29, 0.717) is 42.0 Å². The van der Waals surface area contributed by atoms with Crippen LogP contribution in [-0.4, -0.2) is 34.8 Å². The summed E-state index contributed by atoms with van der Waals surface area (Å²) in [5, 5.41) is 2.99. The molecule has 0 aliphatic heterocycles. The molecular weight excluding hydrogens is 345 g/mol. The molecule has 0 bridgehead atoms. The highest BCUT2D eigenvalue weighted by atomic mass is 19.2. The van der Waals surface area contributed by atoms with Gasteiger partial charge in [0.25, 0.3) is 0 Å². The van der Waals surface area contributed by atoms with Gasteiger partial charge in [-0.1, -0.05) is 0 Å². The largest absolute Gasteiger partial charge is 0.356 e. The number of halogens is 3. The van der Waals surface area contributed by atoms with E-state index in [1.807, 2.05) is 0 Å². The van der Waals surface area contributed by atoms with Gasteiger partial charge >= 0.3 is 0 Å². The molecule has 5 nitrogen and oxygen atoms in total. The molecule has 0 saturated carbocycles. The number of aldehydes is 1. The van der Waals surface area contributed by atoms with Crippen LogP contribution in [0.2, 0.25) is 0 Å². The van der Waals surface area contributed by atoms with E-state index in [2.05, 4.69) is 20.3 Å².